The van der Waals surface area contributed by atoms with Crippen LogP contribution in [-0.2, 0) is 0 Å². The van der Waals surface area contributed by atoms with Crippen molar-refractivity contribution in [2.45, 2.75) is 39.7 Å². The zero-order chi connectivity index (χ0) is 15.1. The van der Waals surface area contributed by atoms with Gasteiger partial charge in [0.15, 0.2) is 0 Å². The molecule has 4 heteroatoms. The van der Waals surface area contributed by atoms with E-state index in [9.17, 15) is 4.79 Å². The molecule has 0 spiro atoms. The summed E-state index contributed by atoms with van der Waals surface area (Å²) in [4.78, 5) is 14.3. The summed E-state index contributed by atoms with van der Waals surface area (Å²) >= 11 is 3.44. The second-order valence-electron chi connectivity index (χ2n) is 5.52. The van der Waals surface area contributed by atoms with Crippen molar-refractivity contribution >= 4 is 21.8 Å². The first-order valence-corrected chi connectivity index (χ1v) is 7.95. The highest BCUT2D eigenvalue weighted by molar-refractivity contribution is 9.10. The van der Waals surface area contributed by atoms with Gasteiger partial charge in [0.25, 0.3) is 5.91 Å². The van der Waals surface area contributed by atoms with Crippen LogP contribution in [0, 0.1) is 6.92 Å². The van der Waals surface area contributed by atoms with E-state index in [1.54, 1.807) is 0 Å². The molecule has 0 bridgehead atoms. The summed E-state index contributed by atoms with van der Waals surface area (Å²) in [6.45, 7) is 8.19. The second kappa shape index (κ2) is 8.42. The summed E-state index contributed by atoms with van der Waals surface area (Å²) < 4.78 is 0.856. The van der Waals surface area contributed by atoms with E-state index < -0.39 is 0 Å². The van der Waals surface area contributed by atoms with Crippen molar-refractivity contribution in [2.75, 3.05) is 20.1 Å². The summed E-state index contributed by atoms with van der Waals surface area (Å²) in [5, 5.41) is 2.97. The Labute approximate surface area is 130 Å². The molecule has 0 aliphatic heterocycles. The van der Waals surface area contributed by atoms with Gasteiger partial charge in [0.2, 0.25) is 0 Å². The van der Waals surface area contributed by atoms with Crippen LogP contribution >= 0.6 is 15.9 Å². The number of benzene rings is 1. The summed E-state index contributed by atoms with van der Waals surface area (Å²) in [5.74, 6) is -0.00547. The molecule has 112 valence electrons. The predicted octanol–water partition coefficient (Wildman–Crippen LogP) is 3.61. The van der Waals surface area contributed by atoms with Crippen LogP contribution in [0.1, 0.15) is 42.6 Å². The highest BCUT2D eigenvalue weighted by Crippen LogP contribution is 2.18. The molecule has 0 aliphatic carbocycles. The molecule has 0 saturated heterocycles. The topological polar surface area (TPSA) is 32.3 Å². The Morgan fingerprint density at radius 1 is 1.35 bits per heavy atom. The molecule has 20 heavy (non-hydrogen) atoms. The largest absolute Gasteiger partial charge is 0.352 e. The number of rotatable bonds is 7. The van der Waals surface area contributed by atoms with Crippen molar-refractivity contribution in [2.24, 2.45) is 0 Å². The Morgan fingerprint density at radius 3 is 2.65 bits per heavy atom. The van der Waals surface area contributed by atoms with E-state index in [0.29, 0.717) is 11.6 Å². The lowest BCUT2D eigenvalue weighted by Gasteiger charge is -2.20. The van der Waals surface area contributed by atoms with E-state index in [-0.39, 0.29) is 5.91 Å². The smallest absolute Gasteiger partial charge is 0.252 e. The van der Waals surface area contributed by atoms with E-state index in [1.165, 1.54) is 0 Å². The number of carbonyl (C=O) groups is 1. The lowest BCUT2D eigenvalue weighted by Crippen LogP contribution is -2.29. The number of halogens is 1. The fraction of sp³-hybridized carbons (Fsp3) is 0.562. The lowest BCUT2D eigenvalue weighted by molar-refractivity contribution is 0.0951. The maximum absolute atomic E-state index is 12.0. The first kappa shape index (κ1) is 17.2. The fourth-order valence-electron chi connectivity index (χ4n) is 1.85. The second-order valence-corrected chi connectivity index (χ2v) is 6.38. The molecule has 0 radical (unpaired) electrons. The zero-order valence-corrected chi connectivity index (χ0v) is 14.5. The summed E-state index contributed by atoms with van der Waals surface area (Å²) in [7, 11) is 2.13. The zero-order valence-electron chi connectivity index (χ0n) is 12.9. The van der Waals surface area contributed by atoms with Crippen LogP contribution in [0.2, 0.25) is 0 Å². The maximum Gasteiger partial charge on any atom is 0.252 e. The Balaban J connectivity index is 2.30. The number of hydrogen-bond acceptors (Lipinski definition) is 2. The number of aryl methyl sites for hydroxylation is 1. The molecule has 0 aromatic heterocycles. The third-order valence-corrected chi connectivity index (χ3v) is 4.13. The fourth-order valence-corrected chi connectivity index (χ4v) is 2.52. The minimum absolute atomic E-state index is 0.00547. The molecule has 0 unspecified atom stereocenters. The highest BCUT2D eigenvalue weighted by atomic mass is 79.9. The van der Waals surface area contributed by atoms with Crippen LogP contribution in [0.25, 0.3) is 0 Å². The van der Waals surface area contributed by atoms with Crippen LogP contribution in [0.4, 0.5) is 0 Å². The third-order valence-electron chi connectivity index (χ3n) is 3.47. The van der Waals surface area contributed by atoms with Crippen molar-refractivity contribution in [1.82, 2.24) is 10.2 Å². The van der Waals surface area contributed by atoms with Crippen molar-refractivity contribution in [3.05, 3.63) is 33.8 Å². The lowest BCUT2D eigenvalue weighted by atomic mass is 10.1. The first-order valence-electron chi connectivity index (χ1n) is 7.16. The minimum atomic E-state index is -0.00547. The van der Waals surface area contributed by atoms with Gasteiger partial charge in [-0.15, -0.1) is 0 Å². The number of nitrogens with one attached hydrogen (secondary N) is 1. The molecule has 1 rings (SSSR count). The molecule has 0 aliphatic rings. The Bertz CT molecular complexity index is 446. The minimum Gasteiger partial charge on any atom is -0.352 e. The monoisotopic (exact) mass is 340 g/mol. The molecule has 3 nitrogen and oxygen atoms in total. The Hall–Kier alpha value is -0.870. The van der Waals surface area contributed by atoms with Crippen molar-refractivity contribution < 1.29 is 4.79 Å². The molecule has 0 fully saturated rings. The van der Waals surface area contributed by atoms with Gasteiger partial charge >= 0.3 is 0 Å². The van der Waals surface area contributed by atoms with Crippen molar-refractivity contribution in [1.29, 1.82) is 0 Å². The maximum atomic E-state index is 12.0. The van der Waals surface area contributed by atoms with Gasteiger partial charge < -0.3 is 10.2 Å². The molecule has 0 heterocycles. The number of unbranched alkanes of at least 4 members (excludes halogenated alkanes) is 1. The number of nitrogens with zero attached hydrogens (tertiary/aromatic N) is 1. The van der Waals surface area contributed by atoms with Crippen LogP contribution < -0.4 is 5.32 Å². The van der Waals surface area contributed by atoms with E-state index in [0.717, 1.165) is 36.0 Å². The van der Waals surface area contributed by atoms with Gasteiger partial charge in [-0.2, -0.15) is 0 Å². The van der Waals surface area contributed by atoms with E-state index >= 15 is 0 Å². The van der Waals surface area contributed by atoms with Crippen LogP contribution in [0.3, 0.4) is 0 Å². The van der Waals surface area contributed by atoms with E-state index in [4.69, 9.17) is 0 Å². The molecule has 0 saturated carbocycles. The van der Waals surface area contributed by atoms with Crippen LogP contribution in [0.5, 0.6) is 0 Å². The average Bonchev–Trinajstić information content (AvgIpc) is 2.37. The average molecular weight is 341 g/mol. The summed E-state index contributed by atoms with van der Waals surface area (Å²) in [6.07, 6.45) is 2.11. The van der Waals surface area contributed by atoms with Gasteiger partial charge in [0, 0.05) is 17.1 Å². The molecule has 0 atom stereocenters. The Kier molecular flexibility index (Phi) is 7.24. The third kappa shape index (κ3) is 5.63. The van der Waals surface area contributed by atoms with Crippen molar-refractivity contribution in [3.8, 4) is 0 Å². The number of hydrogen-bond donors (Lipinski definition) is 1. The van der Waals surface area contributed by atoms with E-state index in [2.05, 4.69) is 47.0 Å². The normalized spacial score (nSPS) is 11.2. The van der Waals surface area contributed by atoms with E-state index in [1.807, 2.05) is 25.1 Å². The van der Waals surface area contributed by atoms with Crippen molar-refractivity contribution in [3.63, 3.8) is 0 Å². The first-order chi connectivity index (χ1) is 9.41. The molecule has 1 N–H and O–H groups in total. The summed E-state index contributed by atoms with van der Waals surface area (Å²) in [6, 6.07) is 6.36. The van der Waals surface area contributed by atoms with Gasteiger partial charge in [0.1, 0.15) is 0 Å². The van der Waals surface area contributed by atoms with Crippen LogP contribution in [-0.4, -0.2) is 37.0 Å². The van der Waals surface area contributed by atoms with Gasteiger partial charge in [-0.25, -0.2) is 0 Å². The SMILES string of the molecule is Cc1ccc(C(=O)NCCCCN(C)C(C)C)c(Br)c1. The molecular formula is C16H25BrN2O. The van der Waals surface area contributed by atoms with Gasteiger partial charge in [-0.3, -0.25) is 4.79 Å². The summed E-state index contributed by atoms with van der Waals surface area (Å²) in [5.41, 5.74) is 1.85. The van der Waals surface area contributed by atoms with Gasteiger partial charge in [-0.1, -0.05) is 6.07 Å². The molecule has 1 amide bonds. The quantitative estimate of drug-likeness (QED) is 0.769. The van der Waals surface area contributed by atoms with Crippen LogP contribution in [0.15, 0.2) is 22.7 Å². The number of amides is 1. The van der Waals surface area contributed by atoms with Gasteiger partial charge in [-0.05, 0) is 80.8 Å². The number of carbonyl (C=O) groups excluding carboxylic acids is 1. The molecular weight excluding hydrogens is 316 g/mol. The standard InChI is InChI=1S/C16H25BrN2O/c1-12(2)19(4)10-6-5-9-18-16(20)14-8-7-13(3)11-15(14)17/h7-8,11-12H,5-6,9-10H2,1-4H3,(H,18,20). The predicted molar refractivity (Wildman–Crippen MR) is 88.2 cm³/mol. The molecule has 1 aromatic rings. The van der Waals surface area contributed by atoms with Gasteiger partial charge in [0.05, 0.1) is 5.56 Å². The molecule has 1 aromatic carbocycles. The Morgan fingerprint density at radius 2 is 2.05 bits per heavy atom. The highest BCUT2D eigenvalue weighted by Gasteiger charge is 2.09.